The SMILES string of the molecule is COc1ccc2c(c1)OC1(c3ccoc3C(=O)O)c3cccc(N)c3C(=O)C21NC(=O)c1ccco1. The number of hydrogen-bond acceptors (Lipinski definition) is 8. The monoisotopic (exact) mass is 486 g/mol. The quantitative estimate of drug-likeness (QED) is 0.360. The number of fused-ring (bicyclic) bond motifs is 5. The van der Waals surface area contributed by atoms with Crippen LogP contribution in [0.3, 0.4) is 0 Å². The molecule has 4 aromatic rings. The molecule has 0 saturated heterocycles. The first-order chi connectivity index (χ1) is 17.3. The molecule has 10 nitrogen and oxygen atoms in total. The first-order valence-corrected chi connectivity index (χ1v) is 10.8. The Morgan fingerprint density at radius 1 is 1.00 bits per heavy atom. The number of nitrogens with two attached hydrogens (primary N) is 1. The molecule has 6 rings (SSSR count). The number of nitrogens with one attached hydrogen (secondary N) is 1. The van der Waals surface area contributed by atoms with Crippen LogP contribution in [0.25, 0.3) is 0 Å². The first-order valence-electron chi connectivity index (χ1n) is 10.8. The fourth-order valence-electron chi connectivity index (χ4n) is 5.30. The molecule has 0 radical (unpaired) electrons. The van der Waals surface area contributed by atoms with Crippen LogP contribution in [0.2, 0.25) is 0 Å². The van der Waals surface area contributed by atoms with Crippen LogP contribution < -0.4 is 20.5 Å². The summed E-state index contributed by atoms with van der Waals surface area (Å²) in [5.41, 5.74) is 3.30. The van der Waals surface area contributed by atoms with E-state index in [9.17, 15) is 19.5 Å². The van der Waals surface area contributed by atoms with Gasteiger partial charge in [-0.3, -0.25) is 9.59 Å². The van der Waals surface area contributed by atoms with Crippen molar-refractivity contribution in [3.8, 4) is 11.5 Å². The highest BCUT2D eigenvalue weighted by Gasteiger charge is 2.74. The van der Waals surface area contributed by atoms with Gasteiger partial charge < -0.3 is 34.5 Å². The molecular weight excluding hydrogens is 468 g/mol. The minimum atomic E-state index is -1.95. The Labute approximate surface area is 203 Å². The molecule has 2 aliphatic rings. The molecule has 3 heterocycles. The van der Waals surface area contributed by atoms with Gasteiger partial charge in [0, 0.05) is 22.9 Å². The lowest BCUT2D eigenvalue weighted by molar-refractivity contribution is 0.0339. The molecule has 1 aliphatic carbocycles. The van der Waals surface area contributed by atoms with E-state index in [1.54, 1.807) is 36.4 Å². The van der Waals surface area contributed by atoms with Crippen LogP contribution in [0.4, 0.5) is 5.69 Å². The summed E-state index contributed by atoms with van der Waals surface area (Å²) >= 11 is 0. The molecule has 0 spiro atoms. The Hall–Kier alpha value is -4.99. The number of benzene rings is 2. The Morgan fingerprint density at radius 2 is 1.83 bits per heavy atom. The van der Waals surface area contributed by atoms with Crippen molar-refractivity contribution >= 4 is 23.3 Å². The van der Waals surface area contributed by atoms with Crippen molar-refractivity contribution in [1.29, 1.82) is 0 Å². The van der Waals surface area contributed by atoms with Gasteiger partial charge in [0.15, 0.2) is 22.7 Å². The number of carbonyl (C=O) groups is 3. The number of ether oxygens (including phenoxy) is 2. The summed E-state index contributed by atoms with van der Waals surface area (Å²) in [5, 5.41) is 12.8. The van der Waals surface area contributed by atoms with E-state index in [0.29, 0.717) is 11.3 Å². The maximum atomic E-state index is 14.4. The number of hydrogen-bond donors (Lipinski definition) is 3. The highest BCUT2D eigenvalue weighted by Crippen LogP contribution is 2.64. The number of amides is 1. The zero-order valence-electron chi connectivity index (χ0n) is 18.7. The van der Waals surface area contributed by atoms with Gasteiger partial charge in [0.2, 0.25) is 5.76 Å². The topological polar surface area (TPSA) is 154 Å². The molecule has 2 aromatic carbocycles. The third-order valence-electron chi connectivity index (χ3n) is 6.71. The second-order valence-corrected chi connectivity index (χ2v) is 8.39. The summed E-state index contributed by atoms with van der Waals surface area (Å²) in [5.74, 6) is -2.52. The minimum Gasteiger partial charge on any atom is -0.497 e. The van der Waals surface area contributed by atoms with Crippen LogP contribution >= 0.6 is 0 Å². The number of carbonyl (C=O) groups excluding carboxylic acids is 2. The van der Waals surface area contributed by atoms with E-state index >= 15 is 0 Å². The third-order valence-corrected chi connectivity index (χ3v) is 6.71. The maximum absolute atomic E-state index is 14.4. The predicted molar refractivity (Wildman–Crippen MR) is 123 cm³/mol. The molecule has 1 aliphatic heterocycles. The van der Waals surface area contributed by atoms with Gasteiger partial charge >= 0.3 is 5.97 Å². The van der Waals surface area contributed by atoms with E-state index in [-0.39, 0.29) is 33.9 Å². The number of furan rings is 2. The number of nitrogen functional groups attached to an aromatic ring is 1. The molecule has 180 valence electrons. The lowest BCUT2D eigenvalue weighted by atomic mass is 9.72. The van der Waals surface area contributed by atoms with Crippen molar-refractivity contribution in [3.05, 3.63) is 101 Å². The smallest absolute Gasteiger partial charge is 0.372 e. The van der Waals surface area contributed by atoms with E-state index in [2.05, 4.69) is 5.32 Å². The van der Waals surface area contributed by atoms with E-state index in [0.717, 1.165) is 0 Å². The molecule has 2 unspecified atom stereocenters. The van der Waals surface area contributed by atoms with Gasteiger partial charge in [-0.05, 0) is 36.4 Å². The molecule has 36 heavy (non-hydrogen) atoms. The second kappa shape index (κ2) is 7.25. The van der Waals surface area contributed by atoms with Gasteiger partial charge in [-0.1, -0.05) is 12.1 Å². The zero-order chi connectivity index (χ0) is 25.2. The van der Waals surface area contributed by atoms with Crippen LogP contribution in [0, 0.1) is 0 Å². The zero-order valence-corrected chi connectivity index (χ0v) is 18.7. The summed E-state index contributed by atoms with van der Waals surface area (Å²) in [6.07, 6.45) is 2.51. The Morgan fingerprint density at radius 3 is 2.56 bits per heavy atom. The van der Waals surface area contributed by atoms with Crippen molar-refractivity contribution in [1.82, 2.24) is 5.32 Å². The Kier molecular flexibility index (Phi) is 4.34. The van der Waals surface area contributed by atoms with Crippen LogP contribution in [0.5, 0.6) is 11.5 Å². The average molecular weight is 486 g/mol. The minimum absolute atomic E-state index is 0.0302. The van der Waals surface area contributed by atoms with Crippen molar-refractivity contribution < 1.29 is 37.8 Å². The van der Waals surface area contributed by atoms with Gasteiger partial charge in [-0.15, -0.1) is 0 Å². The Balaban J connectivity index is 1.73. The molecule has 4 N–H and O–H groups in total. The lowest BCUT2D eigenvalue weighted by Gasteiger charge is -2.38. The van der Waals surface area contributed by atoms with Crippen molar-refractivity contribution in [2.75, 3.05) is 12.8 Å². The molecular formula is C26H18N2O8. The summed E-state index contributed by atoms with van der Waals surface area (Å²) in [4.78, 5) is 40.0. The maximum Gasteiger partial charge on any atom is 0.372 e. The molecule has 2 aromatic heterocycles. The standard InChI is InChI=1S/C26H18N2O8/c1-33-13-7-8-14-19(12-13)36-26(16-9-11-35-21(16)24(31)32)15-4-2-5-17(27)20(15)22(29)25(14,26)28-23(30)18-6-3-10-34-18/h2-12H,27H2,1H3,(H,28,30)(H,31,32). The normalized spacial score (nSPS) is 21.3. The van der Waals surface area contributed by atoms with Gasteiger partial charge in [0.25, 0.3) is 5.91 Å². The summed E-state index contributed by atoms with van der Waals surface area (Å²) in [6.45, 7) is 0. The summed E-state index contributed by atoms with van der Waals surface area (Å²) < 4.78 is 22.5. The number of Topliss-reactive ketones (excluding diaryl/α,β-unsaturated/α-hetero) is 1. The highest BCUT2D eigenvalue weighted by atomic mass is 16.5. The fraction of sp³-hybridized carbons (Fsp3) is 0.115. The third kappa shape index (κ3) is 2.47. The summed E-state index contributed by atoms with van der Waals surface area (Å²) in [7, 11) is 1.47. The molecule has 1 amide bonds. The van der Waals surface area contributed by atoms with Crippen molar-refractivity contribution in [2.45, 2.75) is 11.1 Å². The van der Waals surface area contributed by atoms with E-state index in [1.807, 2.05) is 0 Å². The largest absolute Gasteiger partial charge is 0.497 e. The van der Waals surface area contributed by atoms with Gasteiger partial charge in [-0.25, -0.2) is 4.79 Å². The highest BCUT2D eigenvalue weighted by molar-refractivity contribution is 6.17. The van der Waals surface area contributed by atoms with Gasteiger partial charge in [0.05, 0.1) is 30.8 Å². The number of anilines is 1. The molecule has 0 fully saturated rings. The number of rotatable bonds is 5. The number of ketones is 1. The van der Waals surface area contributed by atoms with E-state index < -0.39 is 34.6 Å². The number of aromatic carboxylic acids is 1. The Bertz CT molecular complexity index is 1570. The van der Waals surface area contributed by atoms with Gasteiger partial charge in [-0.2, -0.15) is 0 Å². The van der Waals surface area contributed by atoms with Crippen molar-refractivity contribution in [2.24, 2.45) is 0 Å². The van der Waals surface area contributed by atoms with E-state index in [1.165, 1.54) is 37.8 Å². The number of carboxylic acid groups (broad SMARTS) is 1. The fourth-order valence-corrected chi connectivity index (χ4v) is 5.30. The molecule has 2 atom stereocenters. The van der Waals surface area contributed by atoms with E-state index in [4.69, 9.17) is 24.0 Å². The second-order valence-electron chi connectivity index (χ2n) is 8.39. The molecule has 0 bridgehead atoms. The number of carboxylic acids is 1. The lowest BCUT2D eigenvalue weighted by Crippen LogP contribution is -2.60. The van der Waals surface area contributed by atoms with Crippen LogP contribution in [0.1, 0.15) is 48.2 Å². The van der Waals surface area contributed by atoms with Crippen LogP contribution in [-0.4, -0.2) is 29.9 Å². The summed E-state index contributed by atoms with van der Waals surface area (Å²) in [6, 6.07) is 14.0. The molecule has 0 saturated carbocycles. The predicted octanol–water partition coefficient (Wildman–Crippen LogP) is 3.32. The van der Waals surface area contributed by atoms with Crippen molar-refractivity contribution in [3.63, 3.8) is 0 Å². The first kappa shape index (κ1) is 21.5. The van der Waals surface area contributed by atoms with Gasteiger partial charge in [0.1, 0.15) is 11.5 Å². The molecule has 10 heteroatoms. The van der Waals surface area contributed by atoms with Crippen LogP contribution in [-0.2, 0) is 11.1 Å². The average Bonchev–Trinajstić information content (AvgIpc) is 3.64. The van der Waals surface area contributed by atoms with Crippen LogP contribution in [0.15, 0.2) is 76.0 Å². The number of methoxy groups -OCH3 is 1.